The van der Waals surface area contributed by atoms with Gasteiger partial charge in [-0.1, -0.05) is 54.5 Å². The van der Waals surface area contributed by atoms with Crippen molar-refractivity contribution in [3.05, 3.63) is 28.2 Å². The summed E-state index contributed by atoms with van der Waals surface area (Å²) >= 11 is 3.59. The summed E-state index contributed by atoms with van der Waals surface area (Å²) in [6.07, 6.45) is 0. The molecule has 4 nitrogen and oxygen atoms in total. The molecule has 0 amide bonds. The Hall–Kier alpha value is -0.403. The maximum absolute atomic E-state index is 6.58. The van der Waals surface area contributed by atoms with Gasteiger partial charge in [0, 0.05) is 13.0 Å². The van der Waals surface area contributed by atoms with E-state index in [1.807, 2.05) is 12.1 Å². The molecule has 0 heterocycles. The summed E-state index contributed by atoms with van der Waals surface area (Å²) in [6, 6.07) is 6.12. The molecule has 0 saturated heterocycles. The van der Waals surface area contributed by atoms with Crippen LogP contribution in [0.2, 0.25) is 16.6 Å². The van der Waals surface area contributed by atoms with Crippen LogP contribution in [-0.2, 0) is 20.5 Å². The minimum Gasteiger partial charge on any atom is -0.490 e. The highest BCUT2D eigenvalue weighted by Gasteiger charge is 2.44. The molecule has 1 aromatic rings. The Labute approximate surface area is 187 Å². The van der Waals surface area contributed by atoms with Crippen molar-refractivity contribution in [3.63, 3.8) is 0 Å². The first-order chi connectivity index (χ1) is 13.6. The Balaban J connectivity index is 2.61. The van der Waals surface area contributed by atoms with Crippen molar-refractivity contribution in [2.24, 2.45) is 5.92 Å². The van der Waals surface area contributed by atoms with Crippen LogP contribution in [0.3, 0.4) is 0 Å². The molecule has 0 aliphatic rings. The van der Waals surface area contributed by atoms with Crippen molar-refractivity contribution in [1.82, 2.24) is 0 Å². The molecular weight excluding hydrogens is 448 g/mol. The van der Waals surface area contributed by atoms with Gasteiger partial charge >= 0.3 is 0 Å². The van der Waals surface area contributed by atoms with Crippen molar-refractivity contribution < 1.29 is 18.6 Å². The second-order valence-electron chi connectivity index (χ2n) is 8.85. The normalized spacial score (nSPS) is 13.5. The predicted molar refractivity (Wildman–Crippen MR) is 127 cm³/mol. The van der Waals surface area contributed by atoms with E-state index in [-0.39, 0.29) is 0 Å². The van der Waals surface area contributed by atoms with E-state index < -0.39 is 8.32 Å². The summed E-state index contributed by atoms with van der Waals surface area (Å²) < 4.78 is 24.5. The highest BCUT2D eigenvalue weighted by atomic mass is 79.9. The fraction of sp³-hybridized carbons (Fsp3) is 0.739. The summed E-state index contributed by atoms with van der Waals surface area (Å²) in [6.45, 7) is 19.1. The second kappa shape index (κ2) is 13.1. The molecule has 0 saturated carbocycles. The number of ether oxygens (including phenoxy) is 3. The van der Waals surface area contributed by atoms with Gasteiger partial charge in [-0.2, -0.15) is 0 Å². The largest absolute Gasteiger partial charge is 0.490 e. The lowest BCUT2D eigenvalue weighted by Gasteiger charge is -2.42. The van der Waals surface area contributed by atoms with Gasteiger partial charge in [-0.25, -0.2) is 0 Å². The lowest BCUT2D eigenvalue weighted by Crippen LogP contribution is -2.48. The van der Waals surface area contributed by atoms with Crippen molar-refractivity contribution in [1.29, 1.82) is 0 Å². The topological polar surface area (TPSA) is 36.9 Å². The molecule has 0 bridgehead atoms. The summed E-state index contributed by atoms with van der Waals surface area (Å²) in [5.41, 5.74) is 2.84. The monoisotopic (exact) mass is 488 g/mol. The van der Waals surface area contributed by atoms with E-state index in [9.17, 15) is 0 Å². The van der Waals surface area contributed by atoms with E-state index in [0.717, 1.165) is 15.8 Å². The summed E-state index contributed by atoms with van der Waals surface area (Å²) in [7, 11) is -0.131. The molecule has 0 N–H and O–H groups in total. The number of methoxy groups -OCH3 is 1. The van der Waals surface area contributed by atoms with Crippen molar-refractivity contribution >= 4 is 24.2 Å². The fourth-order valence-corrected chi connectivity index (χ4v) is 10.1. The van der Waals surface area contributed by atoms with Crippen molar-refractivity contribution in [2.45, 2.75) is 71.7 Å². The Bertz CT molecular complexity index is 570. The van der Waals surface area contributed by atoms with Crippen LogP contribution in [0.15, 0.2) is 22.7 Å². The summed E-state index contributed by atoms with van der Waals surface area (Å²) in [4.78, 5) is 0. The molecule has 0 radical (unpaired) electrons. The van der Waals surface area contributed by atoms with Gasteiger partial charge < -0.3 is 18.6 Å². The standard InChI is InChI=1S/C23H41BrO4Si/c1-17(2)29(18(3)4,19(5)6)28-12-11-27-23-13-21(9-10-22(23)24)16-26-15-20(7)14-25-8/h9-10,13,17-20H,11-12,14-16H2,1-8H3/t20-/m0/s1. The smallest absolute Gasteiger partial charge is 0.200 e. The van der Waals surface area contributed by atoms with E-state index in [4.69, 9.17) is 18.6 Å². The van der Waals surface area contributed by atoms with E-state index >= 15 is 0 Å². The minimum atomic E-state index is -1.85. The molecular formula is C23H41BrO4Si. The van der Waals surface area contributed by atoms with Gasteiger partial charge in [0.05, 0.1) is 30.9 Å². The van der Waals surface area contributed by atoms with Gasteiger partial charge in [0.1, 0.15) is 12.4 Å². The van der Waals surface area contributed by atoms with Crippen LogP contribution in [0, 0.1) is 5.92 Å². The maximum Gasteiger partial charge on any atom is 0.200 e. The lowest BCUT2D eigenvalue weighted by molar-refractivity contribution is 0.0560. The van der Waals surface area contributed by atoms with Crippen LogP contribution in [0.25, 0.3) is 0 Å². The first kappa shape index (κ1) is 26.6. The second-order valence-corrected chi connectivity index (χ2v) is 15.2. The minimum absolute atomic E-state index is 0.385. The third kappa shape index (κ3) is 7.98. The van der Waals surface area contributed by atoms with Crippen LogP contribution < -0.4 is 4.74 Å². The molecule has 0 unspecified atom stereocenters. The van der Waals surface area contributed by atoms with Gasteiger partial charge in [0.25, 0.3) is 0 Å². The Morgan fingerprint density at radius 1 is 0.897 bits per heavy atom. The molecule has 29 heavy (non-hydrogen) atoms. The van der Waals surface area contributed by atoms with Crippen molar-refractivity contribution in [3.8, 4) is 5.75 Å². The van der Waals surface area contributed by atoms with Crippen LogP contribution >= 0.6 is 15.9 Å². The number of benzene rings is 1. The Kier molecular flexibility index (Phi) is 12.0. The van der Waals surface area contributed by atoms with Gasteiger partial charge in [-0.05, 0) is 50.2 Å². The first-order valence-corrected chi connectivity index (χ1v) is 13.7. The molecule has 0 aliphatic heterocycles. The van der Waals surface area contributed by atoms with Crippen LogP contribution in [0.4, 0.5) is 0 Å². The molecule has 0 spiro atoms. The summed E-state index contributed by atoms with van der Waals surface area (Å²) in [5.74, 6) is 1.22. The highest BCUT2D eigenvalue weighted by Crippen LogP contribution is 2.42. The average Bonchev–Trinajstić information content (AvgIpc) is 2.63. The number of hydrogen-bond acceptors (Lipinski definition) is 4. The zero-order valence-corrected chi connectivity index (χ0v) is 22.2. The quantitative estimate of drug-likeness (QED) is 0.212. The molecule has 1 atom stereocenters. The lowest BCUT2D eigenvalue weighted by atomic mass is 10.2. The zero-order valence-electron chi connectivity index (χ0n) is 19.6. The zero-order chi connectivity index (χ0) is 22.0. The SMILES string of the molecule is COC[C@H](C)COCc1ccc(Br)c(OCCO[Si](C(C)C)(C(C)C)C(C)C)c1. The molecule has 0 fully saturated rings. The Morgan fingerprint density at radius 2 is 1.52 bits per heavy atom. The highest BCUT2D eigenvalue weighted by molar-refractivity contribution is 9.10. The molecule has 0 aromatic heterocycles. The Morgan fingerprint density at radius 3 is 2.07 bits per heavy atom. The van der Waals surface area contributed by atoms with Crippen LogP contribution in [0.1, 0.15) is 54.0 Å². The third-order valence-electron chi connectivity index (χ3n) is 5.52. The fourth-order valence-electron chi connectivity index (χ4n) is 4.33. The predicted octanol–water partition coefficient (Wildman–Crippen LogP) is 6.82. The number of rotatable bonds is 14. The molecule has 0 aliphatic carbocycles. The van der Waals surface area contributed by atoms with Gasteiger partial charge in [-0.3, -0.25) is 0 Å². The van der Waals surface area contributed by atoms with E-state index in [1.54, 1.807) is 7.11 Å². The number of halogens is 1. The van der Waals surface area contributed by atoms with E-state index in [2.05, 4.69) is 70.5 Å². The van der Waals surface area contributed by atoms with Crippen molar-refractivity contribution in [2.75, 3.05) is 33.5 Å². The summed E-state index contributed by atoms with van der Waals surface area (Å²) in [5, 5.41) is 0. The van der Waals surface area contributed by atoms with E-state index in [1.165, 1.54) is 0 Å². The van der Waals surface area contributed by atoms with Crippen LogP contribution in [-0.4, -0.2) is 41.9 Å². The molecule has 1 aromatic carbocycles. The molecule has 168 valence electrons. The van der Waals surface area contributed by atoms with Crippen LogP contribution in [0.5, 0.6) is 5.75 Å². The number of hydrogen-bond donors (Lipinski definition) is 0. The third-order valence-corrected chi connectivity index (χ3v) is 12.3. The van der Waals surface area contributed by atoms with Gasteiger partial charge in [-0.15, -0.1) is 0 Å². The van der Waals surface area contributed by atoms with Gasteiger partial charge in [0.2, 0.25) is 0 Å². The van der Waals surface area contributed by atoms with Gasteiger partial charge in [0.15, 0.2) is 8.32 Å². The van der Waals surface area contributed by atoms with E-state index in [0.29, 0.717) is 55.6 Å². The molecule has 6 heteroatoms. The average molecular weight is 490 g/mol. The molecule has 1 rings (SSSR count). The maximum atomic E-state index is 6.58. The first-order valence-electron chi connectivity index (χ1n) is 10.8.